The molecule has 0 radical (unpaired) electrons. The van der Waals surface area contributed by atoms with Crippen LogP contribution in [-0.4, -0.2) is 20.9 Å². The number of alkyl halides is 3. The Morgan fingerprint density at radius 1 is 0.970 bits per heavy atom. The van der Waals surface area contributed by atoms with Crippen molar-refractivity contribution in [1.29, 1.82) is 0 Å². The zero-order chi connectivity index (χ0) is 24.2. The second-order valence-corrected chi connectivity index (χ2v) is 9.44. The number of aryl methyl sites for hydroxylation is 1. The Kier molecular flexibility index (Phi) is 7.12. The summed E-state index contributed by atoms with van der Waals surface area (Å²) in [6.07, 6.45) is -4.67. The van der Waals surface area contributed by atoms with E-state index in [0.29, 0.717) is 4.31 Å². The fourth-order valence-electron chi connectivity index (χ4n) is 3.23. The van der Waals surface area contributed by atoms with Crippen molar-refractivity contribution < 1.29 is 26.4 Å². The van der Waals surface area contributed by atoms with Crippen LogP contribution in [0.1, 0.15) is 29.7 Å². The van der Waals surface area contributed by atoms with Gasteiger partial charge in [0.2, 0.25) is 5.91 Å². The Labute approximate surface area is 190 Å². The maximum Gasteiger partial charge on any atom is 0.416 e. The van der Waals surface area contributed by atoms with Gasteiger partial charge < -0.3 is 5.32 Å². The van der Waals surface area contributed by atoms with Crippen molar-refractivity contribution in [2.24, 2.45) is 0 Å². The van der Waals surface area contributed by atoms with Crippen molar-refractivity contribution in [1.82, 2.24) is 5.32 Å². The molecular formula is C24H23F3N2O3S. The third-order valence-electron chi connectivity index (χ3n) is 5.03. The number of hydrogen-bond donors (Lipinski definition) is 1. The standard InChI is InChI=1S/C24H23F3N2O3S/c1-17-11-13-19(14-12-17)18(2)28-23(30)16-29(33(31,32)22-9-4-3-5-10-22)21-8-6-7-20(15-21)24(25,26)27/h3-15,18H,16H2,1-2H3,(H,28,30). The number of sulfonamides is 1. The van der Waals surface area contributed by atoms with Gasteiger partial charge in [0, 0.05) is 0 Å². The van der Waals surface area contributed by atoms with Gasteiger partial charge in [-0.15, -0.1) is 0 Å². The normalized spacial score (nSPS) is 12.8. The van der Waals surface area contributed by atoms with Crippen LogP contribution in [0.2, 0.25) is 0 Å². The second-order valence-electron chi connectivity index (χ2n) is 7.57. The first-order valence-electron chi connectivity index (χ1n) is 10.1. The maximum atomic E-state index is 13.3. The molecule has 3 rings (SSSR count). The van der Waals surface area contributed by atoms with Crippen molar-refractivity contribution in [2.75, 3.05) is 10.8 Å². The Balaban J connectivity index is 1.94. The first-order chi connectivity index (χ1) is 15.5. The minimum Gasteiger partial charge on any atom is -0.348 e. The summed E-state index contributed by atoms with van der Waals surface area (Å²) in [6, 6.07) is 18.2. The second kappa shape index (κ2) is 9.66. The van der Waals surface area contributed by atoms with Crippen LogP contribution in [0.5, 0.6) is 0 Å². The van der Waals surface area contributed by atoms with Crippen molar-refractivity contribution >= 4 is 21.6 Å². The van der Waals surface area contributed by atoms with Gasteiger partial charge in [0.1, 0.15) is 6.54 Å². The van der Waals surface area contributed by atoms with Gasteiger partial charge in [-0.3, -0.25) is 9.10 Å². The first kappa shape index (κ1) is 24.3. The van der Waals surface area contributed by atoms with E-state index < -0.39 is 40.3 Å². The molecule has 0 fully saturated rings. The summed E-state index contributed by atoms with van der Waals surface area (Å²) in [4.78, 5) is 12.7. The van der Waals surface area contributed by atoms with Crippen molar-refractivity contribution in [2.45, 2.75) is 31.0 Å². The summed E-state index contributed by atoms with van der Waals surface area (Å²) in [7, 11) is -4.31. The lowest BCUT2D eigenvalue weighted by Crippen LogP contribution is -2.41. The van der Waals surface area contributed by atoms with E-state index >= 15 is 0 Å². The third-order valence-corrected chi connectivity index (χ3v) is 6.82. The Morgan fingerprint density at radius 2 is 1.61 bits per heavy atom. The maximum absolute atomic E-state index is 13.3. The molecule has 0 aliphatic carbocycles. The Hall–Kier alpha value is -3.33. The molecule has 0 aliphatic heterocycles. The summed E-state index contributed by atoms with van der Waals surface area (Å²) in [5.74, 6) is -0.653. The fourth-order valence-corrected chi connectivity index (χ4v) is 4.66. The lowest BCUT2D eigenvalue weighted by atomic mass is 10.1. The predicted molar refractivity (Wildman–Crippen MR) is 120 cm³/mol. The van der Waals surface area contributed by atoms with Crippen LogP contribution in [-0.2, 0) is 21.0 Å². The van der Waals surface area contributed by atoms with Crippen LogP contribution in [0.3, 0.4) is 0 Å². The molecule has 3 aromatic carbocycles. The molecule has 0 heterocycles. The van der Waals surface area contributed by atoms with Crippen molar-refractivity contribution in [3.05, 3.63) is 95.6 Å². The minimum atomic E-state index is -4.67. The predicted octanol–water partition coefficient (Wildman–Crippen LogP) is 5.09. The highest BCUT2D eigenvalue weighted by Crippen LogP contribution is 2.33. The monoisotopic (exact) mass is 476 g/mol. The number of carbonyl (C=O) groups is 1. The molecule has 1 amide bonds. The highest BCUT2D eigenvalue weighted by molar-refractivity contribution is 7.92. The van der Waals surface area contributed by atoms with E-state index in [2.05, 4.69) is 5.32 Å². The number of carbonyl (C=O) groups excluding carboxylic acids is 1. The lowest BCUT2D eigenvalue weighted by molar-refractivity contribution is -0.137. The average molecular weight is 477 g/mol. The van der Waals surface area contributed by atoms with Crippen LogP contribution in [0.25, 0.3) is 0 Å². The van der Waals surface area contributed by atoms with Crippen molar-refractivity contribution in [3.63, 3.8) is 0 Å². The van der Waals surface area contributed by atoms with E-state index in [9.17, 15) is 26.4 Å². The van der Waals surface area contributed by atoms with Gasteiger partial charge in [0.05, 0.1) is 22.2 Å². The molecule has 174 valence electrons. The zero-order valence-corrected chi connectivity index (χ0v) is 18.8. The molecule has 1 N–H and O–H groups in total. The number of amides is 1. The number of hydrogen-bond acceptors (Lipinski definition) is 3. The van der Waals surface area contributed by atoms with E-state index in [-0.39, 0.29) is 10.6 Å². The third kappa shape index (κ3) is 5.92. The van der Waals surface area contributed by atoms with Crippen LogP contribution >= 0.6 is 0 Å². The number of benzene rings is 3. The van der Waals surface area contributed by atoms with E-state index in [1.807, 2.05) is 31.2 Å². The summed E-state index contributed by atoms with van der Waals surface area (Å²) in [6.45, 7) is 2.98. The molecule has 5 nitrogen and oxygen atoms in total. The Bertz CT molecular complexity index is 1210. The number of nitrogens with zero attached hydrogens (tertiary/aromatic N) is 1. The molecule has 1 atom stereocenters. The molecule has 1 unspecified atom stereocenters. The zero-order valence-electron chi connectivity index (χ0n) is 18.0. The van der Waals surface area contributed by atoms with Gasteiger partial charge in [-0.2, -0.15) is 13.2 Å². The van der Waals surface area contributed by atoms with Gasteiger partial charge in [-0.25, -0.2) is 8.42 Å². The number of halogens is 3. The molecule has 0 spiro atoms. The SMILES string of the molecule is Cc1ccc(C(C)NC(=O)CN(c2cccc(C(F)(F)F)c2)S(=O)(=O)c2ccccc2)cc1. The summed E-state index contributed by atoms with van der Waals surface area (Å²) < 4.78 is 67.0. The van der Waals surface area contributed by atoms with E-state index in [4.69, 9.17) is 0 Å². The minimum absolute atomic E-state index is 0.137. The molecule has 3 aromatic rings. The number of nitrogens with one attached hydrogen (secondary N) is 1. The van der Waals surface area contributed by atoms with E-state index in [0.717, 1.165) is 29.3 Å². The first-order valence-corrected chi connectivity index (χ1v) is 11.5. The molecule has 0 bridgehead atoms. The average Bonchev–Trinajstić information content (AvgIpc) is 2.78. The van der Waals surface area contributed by atoms with Crippen LogP contribution in [0.15, 0.2) is 83.8 Å². The van der Waals surface area contributed by atoms with Crippen LogP contribution in [0, 0.1) is 6.92 Å². The van der Waals surface area contributed by atoms with Gasteiger partial charge in [0.15, 0.2) is 0 Å². The van der Waals surface area contributed by atoms with Gasteiger partial charge in [-0.05, 0) is 49.7 Å². The lowest BCUT2D eigenvalue weighted by Gasteiger charge is -2.26. The topological polar surface area (TPSA) is 66.5 Å². The van der Waals surface area contributed by atoms with Crippen molar-refractivity contribution in [3.8, 4) is 0 Å². The van der Waals surface area contributed by atoms with Gasteiger partial charge >= 0.3 is 6.18 Å². The largest absolute Gasteiger partial charge is 0.416 e. The fraction of sp³-hybridized carbons (Fsp3) is 0.208. The quantitative estimate of drug-likeness (QED) is 0.517. The highest BCUT2D eigenvalue weighted by Gasteiger charge is 2.33. The molecule has 0 aliphatic rings. The molecular weight excluding hydrogens is 453 g/mol. The Morgan fingerprint density at radius 3 is 2.21 bits per heavy atom. The van der Waals surface area contributed by atoms with Crippen LogP contribution < -0.4 is 9.62 Å². The smallest absolute Gasteiger partial charge is 0.348 e. The molecule has 0 saturated carbocycles. The molecule has 0 aromatic heterocycles. The molecule has 0 saturated heterocycles. The summed E-state index contributed by atoms with van der Waals surface area (Å²) in [5, 5.41) is 2.72. The summed E-state index contributed by atoms with van der Waals surface area (Å²) in [5.41, 5.74) is 0.584. The van der Waals surface area contributed by atoms with E-state index in [1.165, 1.54) is 30.3 Å². The van der Waals surface area contributed by atoms with Gasteiger partial charge in [-0.1, -0.05) is 54.1 Å². The van der Waals surface area contributed by atoms with E-state index in [1.54, 1.807) is 13.0 Å². The summed E-state index contributed by atoms with van der Waals surface area (Å²) >= 11 is 0. The highest BCUT2D eigenvalue weighted by atomic mass is 32.2. The van der Waals surface area contributed by atoms with Gasteiger partial charge in [0.25, 0.3) is 10.0 Å². The molecule has 33 heavy (non-hydrogen) atoms. The number of rotatable bonds is 7. The number of anilines is 1. The van der Waals surface area contributed by atoms with Crippen LogP contribution in [0.4, 0.5) is 18.9 Å². The molecule has 9 heteroatoms.